The summed E-state index contributed by atoms with van der Waals surface area (Å²) < 4.78 is 5.93. The van der Waals surface area contributed by atoms with Gasteiger partial charge in [-0.2, -0.15) is 0 Å². The number of hydrogen-bond donors (Lipinski definition) is 0. The molecule has 18 heavy (non-hydrogen) atoms. The van der Waals surface area contributed by atoms with Gasteiger partial charge in [-0.05, 0) is 61.2 Å². The van der Waals surface area contributed by atoms with Crippen LogP contribution in [0.3, 0.4) is 0 Å². The molecule has 2 aromatic carbocycles. The topological polar surface area (TPSA) is 9.23 Å². The quantitative estimate of drug-likeness (QED) is 0.694. The number of ether oxygens (including phenoxy) is 1. The van der Waals surface area contributed by atoms with Gasteiger partial charge in [0.05, 0.1) is 0 Å². The molecule has 0 bridgehead atoms. The summed E-state index contributed by atoms with van der Waals surface area (Å²) in [4.78, 5) is 0. The molecular weight excluding hydrogens is 244 g/mol. The summed E-state index contributed by atoms with van der Waals surface area (Å²) in [5, 5.41) is 0. The van der Waals surface area contributed by atoms with Gasteiger partial charge in [0.25, 0.3) is 0 Å². The first kappa shape index (κ1) is 13.0. The van der Waals surface area contributed by atoms with Crippen LogP contribution in [-0.2, 0) is 5.88 Å². The number of hydrogen-bond acceptors (Lipinski definition) is 1. The van der Waals surface area contributed by atoms with E-state index in [1.54, 1.807) is 0 Å². The summed E-state index contributed by atoms with van der Waals surface area (Å²) in [6, 6.07) is 12.2. The zero-order chi connectivity index (χ0) is 13.1. The molecule has 0 amide bonds. The second-order valence-electron chi connectivity index (χ2n) is 4.59. The molecule has 0 heterocycles. The summed E-state index contributed by atoms with van der Waals surface area (Å²) in [5.74, 6) is 2.30. The van der Waals surface area contributed by atoms with Crippen molar-refractivity contribution in [3.8, 4) is 11.5 Å². The molecule has 0 unspecified atom stereocenters. The molecule has 0 saturated heterocycles. The minimum Gasteiger partial charge on any atom is -0.457 e. The molecule has 2 aromatic rings. The molecule has 0 fully saturated rings. The Morgan fingerprint density at radius 2 is 1.72 bits per heavy atom. The minimum absolute atomic E-state index is 0.537. The molecule has 0 atom stereocenters. The summed E-state index contributed by atoms with van der Waals surface area (Å²) in [6.45, 7) is 6.16. The average molecular weight is 261 g/mol. The third kappa shape index (κ3) is 2.85. The molecule has 0 aliphatic carbocycles. The van der Waals surface area contributed by atoms with Crippen LogP contribution in [0.2, 0.25) is 0 Å². The highest BCUT2D eigenvalue weighted by Crippen LogP contribution is 2.27. The predicted molar refractivity (Wildman–Crippen MR) is 76.7 cm³/mol. The van der Waals surface area contributed by atoms with Crippen LogP contribution < -0.4 is 4.74 Å². The second-order valence-corrected chi connectivity index (χ2v) is 4.86. The molecule has 2 heteroatoms. The molecule has 0 aliphatic rings. The molecule has 94 valence electrons. The van der Waals surface area contributed by atoms with Crippen molar-refractivity contribution in [2.24, 2.45) is 0 Å². The molecule has 0 spiro atoms. The first-order valence-electron chi connectivity index (χ1n) is 6.01. The van der Waals surface area contributed by atoms with E-state index in [0.717, 1.165) is 28.2 Å². The van der Waals surface area contributed by atoms with Crippen molar-refractivity contribution in [2.45, 2.75) is 26.7 Å². The maximum Gasteiger partial charge on any atom is 0.130 e. The number of halogens is 1. The van der Waals surface area contributed by atoms with E-state index >= 15 is 0 Å². The zero-order valence-electron chi connectivity index (χ0n) is 11.0. The number of benzene rings is 2. The number of alkyl halides is 1. The van der Waals surface area contributed by atoms with Gasteiger partial charge in [-0.1, -0.05) is 18.2 Å². The average Bonchev–Trinajstić information content (AvgIpc) is 2.34. The van der Waals surface area contributed by atoms with Crippen molar-refractivity contribution >= 4 is 11.6 Å². The van der Waals surface area contributed by atoms with E-state index < -0.39 is 0 Å². The standard InChI is InChI=1S/C16H17ClO/c1-11-4-5-12(2)16(8-11)18-15-7-6-14(10-17)13(3)9-15/h4-9H,10H2,1-3H3. The van der Waals surface area contributed by atoms with Crippen molar-refractivity contribution in [3.05, 3.63) is 58.7 Å². The van der Waals surface area contributed by atoms with E-state index in [2.05, 4.69) is 32.0 Å². The van der Waals surface area contributed by atoms with Crippen molar-refractivity contribution in [1.82, 2.24) is 0 Å². The summed E-state index contributed by atoms with van der Waals surface area (Å²) >= 11 is 5.85. The SMILES string of the molecule is Cc1ccc(C)c(Oc2ccc(CCl)c(C)c2)c1. The maximum absolute atomic E-state index is 5.93. The van der Waals surface area contributed by atoms with E-state index in [0.29, 0.717) is 5.88 Å². The van der Waals surface area contributed by atoms with Crippen molar-refractivity contribution in [2.75, 3.05) is 0 Å². The van der Waals surface area contributed by atoms with Crippen LogP contribution in [-0.4, -0.2) is 0 Å². The lowest BCUT2D eigenvalue weighted by atomic mass is 10.1. The smallest absolute Gasteiger partial charge is 0.130 e. The molecule has 0 saturated carbocycles. The van der Waals surface area contributed by atoms with E-state index in [-0.39, 0.29) is 0 Å². The fourth-order valence-corrected chi connectivity index (χ4v) is 2.13. The lowest BCUT2D eigenvalue weighted by molar-refractivity contribution is 0.478. The summed E-state index contributed by atoms with van der Waals surface area (Å²) in [7, 11) is 0. The lowest BCUT2D eigenvalue weighted by Gasteiger charge is -2.11. The Balaban J connectivity index is 2.28. The van der Waals surface area contributed by atoms with Gasteiger partial charge in [0.15, 0.2) is 0 Å². The van der Waals surface area contributed by atoms with Gasteiger partial charge in [-0.15, -0.1) is 11.6 Å². The first-order valence-corrected chi connectivity index (χ1v) is 6.54. The fraction of sp³-hybridized carbons (Fsp3) is 0.250. The normalized spacial score (nSPS) is 10.4. The lowest BCUT2D eigenvalue weighted by Crippen LogP contribution is -1.91. The van der Waals surface area contributed by atoms with Gasteiger partial charge in [0, 0.05) is 5.88 Å². The highest BCUT2D eigenvalue weighted by Gasteiger charge is 2.04. The highest BCUT2D eigenvalue weighted by molar-refractivity contribution is 6.17. The van der Waals surface area contributed by atoms with Gasteiger partial charge in [0.2, 0.25) is 0 Å². The van der Waals surface area contributed by atoms with E-state index in [1.165, 1.54) is 5.56 Å². The van der Waals surface area contributed by atoms with Crippen LogP contribution in [0.5, 0.6) is 11.5 Å². The van der Waals surface area contributed by atoms with E-state index in [4.69, 9.17) is 16.3 Å². The second kappa shape index (κ2) is 5.45. The Morgan fingerprint density at radius 1 is 0.944 bits per heavy atom. The maximum atomic E-state index is 5.93. The zero-order valence-corrected chi connectivity index (χ0v) is 11.7. The van der Waals surface area contributed by atoms with Gasteiger partial charge >= 0.3 is 0 Å². The van der Waals surface area contributed by atoms with Crippen LogP contribution in [0.15, 0.2) is 36.4 Å². The van der Waals surface area contributed by atoms with Gasteiger partial charge < -0.3 is 4.74 Å². The molecule has 0 aliphatic heterocycles. The fourth-order valence-electron chi connectivity index (χ4n) is 1.83. The van der Waals surface area contributed by atoms with Crippen LogP contribution >= 0.6 is 11.6 Å². The van der Waals surface area contributed by atoms with Crippen LogP contribution in [0, 0.1) is 20.8 Å². The Bertz CT molecular complexity index is 561. The largest absolute Gasteiger partial charge is 0.457 e. The Hall–Kier alpha value is -1.47. The number of rotatable bonds is 3. The first-order chi connectivity index (χ1) is 8.60. The third-order valence-electron chi connectivity index (χ3n) is 3.03. The van der Waals surface area contributed by atoms with E-state index in [1.807, 2.05) is 25.1 Å². The van der Waals surface area contributed by atoms with Crippen molar-refractivity contribution in [3.63, 3.8) is 0 Å². The molecular formula is C16H17ClO. The molecule has 2 rings (SSSR count). The summed E-state index contributed by atoms with van der Waals surface area (Å²) in [5.41, 5.74) is 4.64. The van der Waals surface area contributed by atoms with Crippen LogP contribution in [0.1, 0.15) is 22.3 Å². The Labute approximate surface area is 113 Å². The number of aryl methyl sites for hydroxylation is 3. The molecule has 0 aromatic heterocycles. The monoisotopic (exact) mass is 260 g/mol. The summed E-state index contributed by atoms with van der Waals surface area (Å²) in [6.07, 6.45) is 0. The van der Waals surface area contributed by atoms with Crippen LogP contribution in [0.4, 0.5) is 0 Å². The highest BCUT2D eigenvalue weighted by atomic mass is 35.5. The Morgan fingerprint density at radius 3 is 2.39 bits per heavy atom. The molecule has 0 radical (unpaired) electrons. The van der Waals surface area contributed by atoms with E-state index in [9.17, 15) is 0 Å². The molecule has 1 nitrogen and oxygen atoms in total. The van der Waals surface area contributed by atoms with Gasteiger partial charge in [-0.3, -0.25) is 0 Å². The predicted octanol–water partition coefficient (Wildman–Crippen LogP) is 5.14. The minimum atomic E-state index is 0.537. The molecule has 0 N–H and O–H groups in total. The van der Waals surface area contributed by atoms with Crippen molar-refractivity contribution < 1.29 is 4.74 Å². The van der Waals surface area contributed by atoms with Crippen LogP contribution in [0.25, 0.3) is 0 Å². The van der Waals surface area contributed by atoms with Crippen molar-refractivity contribution in [1.29, 1.82) is 0 Å². The third-order valence-corrected chi connectivity index (χ3v) is 3.32. The Kier molecular flexibility index (Phi) is 3.93. The van der Waals surface area contributed by atoms with Gasteiger partial charge in [-0.25, -0.2) is 0 Å². The van der Waals surface area contributed by atoms with Gasteiger partial charge in [0.1, 0.15) is 11.5 Å².